The number of anilines is 1. The Bertz CT molecular complexity index is 1150. The molecule has 1 amide bonds. The number of hydrogen-bond acceptors (Lipinski definition) is 6. The summed E-state index contributed by atoms with van der Waals surface area (Å²) in [5, 5.41) is 23.8. The minimum atomic E-state index is -0.713. The van der Waals surface area contributed by atoms with E-state index in [0.29, 0.717) is 29.9 Å². The summed E-state index contributed by atoms with van der Waals surface area (Å²) >= 11 is 0. The number of amides is 1. The molecule has 0 aromatic carbocycles. The number of aromatic nitrogens is 3. The summed E-state index contributed by atoms with van der Waals surface area (Å²) < 4.78 is 1.66. The number of hydrogen-bond donors (Lipinski definition) is 2. The fourth-order valence-electron chi connectivity index (χ4n) is 3.40. The molecule has 0 aliphatic carbocycles. The number of fused-ring (bicyclic) bond motifs is 1. The Hall–Kier alpha value is -3.70. The van der Waals surface area contributed by atoms with Crippen molar-refractivity contribution < 1.29 is 9.90 Å². The standard InChI is InChI=1S/C20H18N6O2/c1-12(19(22)27)17-4-3-13(7-23-17)16-5-15(25-10-20(2,28)11-25)9-26-18(16)14(6-21)8-24-26/h3-5,7-9,28H,1,10-11H2,2H3,(H2,22,27). The molecular formula is C20H18N6O2. The highest BCUT2D eigenvalue weighted by molar-refractivity contribution is 6.17. The van der Waals surface area contributed by atoms with Crippen LogP contribution in [0.4, 0.5) is 5.69 Å². The molecule has 3 N–H and O–H groups in total. The normalized spacial score (nSPS) is 15.1. The van der Waals surface area contributed by atoms with Gasteiger partial charge in [0, 0.05) is 30.4 Å². The molecule has 0 atom stereocenters. The van der Waals surface area contributed by atoms with Crippen LogP contribution in [0.1, 0.15) is 18.2 Å². The third-order valence-corrected chi connectivity index (χ3v) is 4.83. The summed E-state index contributed by atoms with van der Waals surface area (Å²) in [4.78, 5) is 17.6. The summed E-state index contributed by atoms with van der Waals surface area (Å²) in [5.41, 5.74) is 8.62. The molecule has 0 unspecified atom stereocenters. The van der Waals surface area contributed by atoms with Gasteiger partial charge >= 0.3 is 0 Å². The maximum absolute atomic E-state index is 11.3. The third kappa shape index (κ3) is 2.88. The molecule has 8 nitrogen and oxygen atoms in total. The molecule has 0 bridgehead atoms. The van der Waals surface area contributed by atoms with Crippen LogP contribution in [-0.4, -0.2) is 44.3 Å². The summed E-state index contributed by atoms with van der Waals surface area (Å²) in [7, 11) is 0. The number of primary amides is 1. The summed E-state index contributed by atoms with van der Waals surface area (Å²) in [6, 6.07) is 7.58. The molecule has 0 saturated carbocycles. The van der Waals surface area contributed by atoms with Crippen LogP contribution in [0, 0.1) is 11.3 Å². The van der Waals surface area contributed by atoms with Crippen molar-refractivity contribution in [3.05, 3.63) is 54.6 Å². The molecular weight excluding hydrogens is 356 g/mol. The first-order chi connectivity index (χ1) is 13.3. The van der Waals surface area contributed by atoms with Crippen LogP contribution in [0.3, 0.4) is 0 Å². The van der Waals surface area contributed by atoms with Gasteiger partial charge in [-0.2, -0.15) is 10.4 Å². The number of β-amino-alcohol motifs (C(OH)–C–C–N with tert-alkyl or cyclic N) is 1. The number of nitrogens with zero attached hydrogens (tertiary/aromatic N) is 5. The maximum Gasteiger partial charge on any atom is 0.250 e. The van der Waals surface area contributed by atoms with Crippen molar-refractivity contribution in [1.29, 1.82) is 5.26 Å². The molecule has 3 aromatic heterocycles. The first kappa shape index (κ1) is 17.7. The van der Waals surface area contributed by atoms with E-state index in [1.165, 1.54) is 6.20 Å². The van der Waals surface area contributed by atoms with E-state index in [9.17, 15) is 15.2 Å². The van der Waals surface area contributed by atoms with Crippen molar-refractivity contribution in [2.24, 2.45) is 5.73 Å². The van der Waals surface area contributed by atoms with Crippen LogP contribution in [0.5, 0.6) is 0 Å². The molecule has 28 heavy (non-hydrogen) atoms. The van der Waals surface area contributed by atoms with Gasteiger partial charge in [-0.05, 0) is 19.1 Å². The average Bonchev–Trinajstić information content (AvgIpc) is 3.08. The SMILES string of the molecule is C=C(C(N)=O)c1ccc(-c2cc(N3CC(C)(O)C3)cn3ncc(C#N)c23)cn1. The van der Waals surface area contributed by atoms with Gasteiger partial charge in [-0.15, -0.1) is 0 Å². The molecule has 4 rings (SSSR count). The summed E-state index contributed by atoms with van der Waals surface area (Å²) in [5.74, 6) is -0.628. The van der Waals surface area contributed by atoms with Gasteiger partial charge in [0.15, 0.2) is 0 Å². The van der Waals surface area contributed by atoms with Gasteiger partial charge in [0.1, 0.15) is 6.07 Å². The summed E-state index contributed by atoms with van der Waals surface area (Å²) in [6.45, 7) is 6.46. The molecule has 1 fully saturated rings. The van der Waals surface area contributed by atoms with E-state index in [1.807, 2.05) is 17.2 Å². The molecule has 3 aromatic rings. The Balaban J connectivity index is 1.82. The number of nitrogens with two attached hydrogens (primary N) is 1. The Kier molecular flexibility index (Phi) is 3.91. The van der Waals surface area contributed by atoms with Crippen LogP contribution in [0.25, 0.3) is 22.2 Å². The van der Waals surface area contributed by atoms with E-state index in [1.54, 1.807) is 29.8 Å². The lowest BCUT2D eigenvalue weighted by molar-refractivity contribution is -0.112. The van der Waals surface area contributed by atoms with E-state index >= 15 is 0 Å². The molecule has 8 heteroatoms. The van der Waals surface area contributed by atoms with Crippen LogP contribution >= 0.6 is 0 Å². The van der Waals surface area contributed by atoms with Gasteiger partial charge in [-0.25, -0.2) is 4.52 Å². The zero-order valence-electron chi connectivity index (χ0n) is 15.3. The predicted octanol–water partition coefficient (Wildman–Crippen LogP) is 1.34. The molecule has 0 spiro atoms. The van der Waals surface area contributed by atoms with E-state index in [2.05, 4.69) is 22.7 Å². The van der Waals surface area contributed by atoms with Crippen molar-refractivity contribution >= 4 is 22.7 Å². The zero-order valence-corrected chi connectivity index (χ0v) is 15.3. The average molecular weight is 374 g/mol. The Morgan fingerprint density at radius 1 is 1.39 bits per heavy atom. The third-order valence-electron chi connectivity index (χ3n) is 4.83. The fraction of sp³-hybridized carbons (Fsp3) is 0.200. The van der Waals surface area contributed by atoms with Gasteiger partial charge < -0.3 is 15.7 Å². The van der Waals surface area contributed by atoms with Gasteiger partial charge in [0.2, 0.25) is 5.91 Å². The predicted molar refractivity (Wildman–Crippen MR) is 104 cm³/mol. The molecule has 4 heterocycles. The Morgan fingerprint density at radius 3 is 2.71 bits per heavy atom. The van der Waals surface area contributed by atoms with E-state index in [0.717, 1.165) is 16.8 Å². The first-order valence-corrected chi connectivity index (χ1v) is 8.63. The Morgan fingerprint density at radius 2 is 2.14 bits per heavy atom. The molecule has 140 valence electrons. The first-order valence-electron chi connectivity index (χ1n) is 8.63. The Labute approximate surface area is 161 Å². The number of pyridine rings is 2. The van der Waals surface area contributed by atoms with Crippen molar-refractivity contribution in [1.82, 2.24) is 14.6 Å². The second kappa shape index (κ2) is 6.18. The fourth-order valence-corrected chi connectivity index (χ4v) is 3.40. The zero-order chi connectivity index (χ0) is 20.1. The number of carbonyl (C=O) groups is 1. The maximum atomic E-state index is 11.3. The second-order valence-corrected chi connectivity index (χ2v) is 7.20. The van der Waals surface area contributed by atoms with Gasteiger partial charge in [0.25, 0.3) is 0 Å². The molecule has 1 aliphatic rings. The quantitative estimate of drug-likeness (QED) is 0.665. The largest absolute Gasteiger partial charge is 0.386 e. The highest BCUT2D eigenvalue weighted by Gasteiger charge is 2.37. The van der Waals surface area contributed by atoms with Crippen molar-refractivity contribution in [3.8, 4) is 17.2 Å². The lowest BCUT2D eigenvalue weighted by Gasteiger charge is -2.45. The number of carbonyl (C=O) groups excluding carboxylic acids is 1. The van der Waals surface area contributed by atoms with E-state index in [-0.39, 0.29) is 5.57 Å². The monoisotopic (exact) mass is 374 g/mol. The highest BCUT2D eigenvalue weighted by Crippen LogP contribution is 2.34. The van der Waals surface area contributed by atoms with E-state index < -0.39 is 11.5 Å². The van der Waals surface area contributed by atoms with Crippen molar-refractivity contribution in [2.45, 2.75) is 12.5 Å². The number of rotatable bonds is 4. The number of nitriles is 1. The smallest absolute Gasteiger partial charge is 0.250 e. The number of aliphatic hydroxyl groups is 1. The molecule has 0 radical (unpaired) electrons. The van der Waals surface area contributed by atoms with Crippen LogP contribution < -0.4 is 10.6 Å². The van der Waals surface area contributed by atoms with Gasteiger partial charge in [-0.3, -0.25) is 9.78 Å². The minimum Gasteiger partial charge on any atom is -0.386 e. The van der Waals surface area contributed by atoms with Crippen LogP contribution in [-0.2, 0) is 4.79 Å². The highest BCUT2D eigenvalue weighted by atomic mass is 16.3. The summed E-state index contributed by atoms with van der Waals surface area (Å²) in [6.07, 6.45) is 4.97. The van der Waals surface area contributed by atoms with Crippen LogP contribution in [0.15, 0.2) is 43.4 Å². The van der Waals surface area contributed by atoms with Gasteiger partial charge in [-0.1, -0.05) is 12.6 Å². The molecule has 1 saturated heterocycles. The topological polar surface area (TPSA) is 121 Å². The van der Waals surface area contributed by atoms with Crippen LogP contribution in [0.2, 0.25) is 0 Å². The molecule has 1 aliphatic heterocycles. The second-order valence-electron chi connectivity index (χ2n) is 7.20. The lowest BCUT2D eigenvalue weighted by Crippen LogP contribution is -2.60. The van der Waals surface area contributed by atoms with E-state index in [4.69, 9.17) is 5.73 Å². The van der Waals surface area contributed by atoms with Gasteiger partial charge in [0.05, 0.1) is 46.0 Å². The minimum absolute atomic E-state index is 0.135. The van der Waals surface area contributed by atoms with Crippen molar-refractivity contribution in [2.75, 3.05) is 18.0 Å². The van der Waals surface area contributed by atoms with Crippen molar-refractivity contribution in [3.63, 3.8) is 0 Å². The lowest BCUT2D eigenvalue weighted by atomic mass is 9.95.